The van der Waals surface area contributed by atoms with E-state index in [9.17, 15) is 4.79 Å². The van der Waals surface area contributed by atoms with Gasteiger partial charge in [-0.3, -0.25) is 4.79 Å². The van der Waals surface area contributed by atoms with Gasteiger partial charge in [0.15, 0.2) is 8.32 Å². The van der Waals surface area contributed by atoms with Crippen LogP contribution in [0.3, 0.4) is 0 Å². The summed E-state index contributed by atoms with van der Waals surface area (Å²) in [6, 6.07) is 0. The molecule has 4 aliphatic carbocycles. The van der Waals surface area contributed by atoms with Crippen molar-refractivity contribution in [3.8, 4) is 0 Å². The number of rotatable bonds is 3. The maximum atomic E-state index is 12.4. The highest BCUT2D eigenvalue weighted by Crippen LogP contribution is 2.67. The van der Waals surface area contributed by atoms with E-state index in [1.807, 2.05) is 6.92 Å². The molecule has 0 radical (unpaired) electrons. The Hall–Kier alpha value is -0.153. The first kappa shape index (κ1) is 23.0. The van der Waals surface area contributed by atoms with Gasteiger partial charge in [0.1, 0.15) is 5.78 Å². The maximum Gasteiger partial charge on any atom is 0.192 e. The number of carbonyl (C=O) groups is 1. The highest BCUT2D eigenvalue weighted by molar-refractivity contribution is 6.74. The average molecular weight is 433 g/mol. The maximum absolute atomic E-state index is 12.4. The molecule has 0 aromatic rings. The molecule has 0 aromatic carbocycles. The van der Waals surface area contributed by atoms with E-state index in [2.05, 4.69) is 47.7 Å². The molecule has 0 aromatic heterocycles. The monoisotopic (exact) mass is 432 g/mol. The number of fused-ring (bicyclic) bond motifs is 5. The molecule has 30 heavy (non-hydrogen) atoms. The van der Waals surface area contributed by atoms with E-state index in [1.165, 1.54) is 51.4 Å². The first-order chi connectivity index (χ1) is 13.8. The predicted molar refractivity (Wildman–Crippen MR) is 128 cm³/mol. The van der Waals surface area contributed by atoms with Crippen molar-refractivity contribution in [3.05, 3.63) is 0 Å². The van der Waals surface area contributed by atoms with Gasteiger partial charge in [0.2, 0.25) is 0 Å². The lowest BCUT2D eigenvalue weighted by atomic mass is 9.44. The minimum atomic E-state index is -1.69. The van der Waals surface area contributed by atoms with Crippen molar-refractivity contribution < 1.29 is 9.22 Å². The lowest BCUT2D eigenvalue weighted by Crippen LogP contribution is -2.55. The molecule has 0 heterocycles. The van der Waals surface area contributed by atoms with Crippen LogP contribution in [0, 0.1) is 40.4 Å². The molecule has 4 fully saturated rings. The van der Waals surface area contributed by atoms with Crippen LogP contribution in [0.15, 0.2) is 0 Å². The van der Waals surface area contributed by atoms with Crippen LogP contribution in [0.25, 0.3) is 0 Å². The van der Waals surface area contributed by atoms with Crippen LogP contribution in [0.5, 0.6) is 0 Å². The molecule has 2 nitrogen and oxygen atoms in total. The van der Waals surface area contributed by atoms with E-state index in [-0.39, 0.29) is 0 Å². The summed E-state index contributed by atoms with van der Waals surface area (Å²) in [5, 5.41) is 0.301. The number of ketones is 1. The minimum Gasteiger partial charge on any atom is -0.414 e. The van der Waals surface area contributed by atoms with E-state index in [1.54, 1.807) is 0 Å². The Morgan fingerprint density at radius 1 is 0.900 bits per heavy atom. The molecule has 0 amide bonds. The molecule has 3 heteroatoms. The molecule has 4 unspecified atom stereocenters. The minimum absolute atomic E-state index is 0.291. The molecule has 0 bridgehead atoms. The van der Waals surface area contributed by atoms with Crippen LogP contribution >= 0.6 is 0 Å². The number of carbonyl (C=O) groups excluding carboxylic acids is 1. The van der Waals surface area contributed by atoms with Gasteiger partial charge >= 0.3 is 0 Å². The van der Waals surface area contributed by atoms with Crippen molar-refractivity contribution >= 4 is 14.1 Å². The third kappa shape index (κ3) is 3.49. The quantitative estimate of drug-likeness (QED) is 0.429. The Kier molecular flexibility index (Phi) is 5.71. The molecule has 0 spiro atoms. The molecule has 4 rings (SSSR count). The van der Waals surface area contributed by atoms with Gasteiger partial charge in [0.25, 0.3) is 0 Å². The zero-order valence-electron chi connectivity index (χ0n) is 21.1. The molecule has 172 valence electrons. The van der Waals surface area contributed by atoms with E-state index in [4.69, 9.17) is 4.43 Å². The van der Waals surface area contributed by atoms with Crippen molar-refractivity contribution in [2.24, 2.45) is 40.4 Å². The van der Waals surface area contributed by atoms with E-state index >= 15 is 0 Å². The first-order valence-electron chi connectivity index (χ1n) is 13.0. The third-order valence-corrected chi connectivity index (χ3v) is 15.9. The van der Waals surface area contributed by atoms with E-state index in [0.29, 0.717) is 33.7 Å². The second-order valence-corrected chi connectivity index (χ2v) is 18.5. The van der Waals surface area contributed by atoms with Crippen LogP contribution in [-0.2, 0) is 9.22 Å². The Balaban J connectivity index is 1.48. The largest absolute Gasteiger partial charge is 0.414 e. The van der Waals surface area contributed by atoms with E-state index in [0.717, 1.165) is 30.1 Å². The van der Waals surface area contributed by atoms with Crippen LogP contribution < -0.4 is 0 Å². The molecule has 4 aliphatic rings. The standard InChI is InChI=1S/C27H48O2Si/c1-18(28)22-11-12-23-21-10-9-19-17-20(29-30(7,8)25(2,3)4)13-15-26(19,5)24(21)14-16-27(22,23)6/h19-24H,9-17H2,1-8H3/t19-,20+,21?,22?,23?,24?,26-,27+/m0/s1. The number of Topliss-reactive ketones (excluding diaryl/α,β-unsaturated/α-hetero) is 1. The van der Waals surface area contributed by atoms with Crippen molar-refractivity contribution in [2.75, 3.05) is 0 Å². The van der Waals surface area contributed by atoms with Crippen molar-refractivity contribution in [1.29, 1.82) is 0 Å². The molecular formula is C27H48O2Si. The Bertz CT molecular complexity index is 679. The van der Waals surface area contributed by atoms with Crippen LogP contribution in [0.1, 0.15) is 99.3 Å². The van der Waals surface area contributed by atoms with Crippen LogP contribution in [-0.4, -0.2) is 20.2 Å². The second kappa shape index (κ2) is 7.44. The highest BCUT2D eigenvalue weighted by atomic mass is 28.4. The van der Waals surface area contributed by atoms with Gasteiger partial charge in [-0.1, -0.05) is 34.6 Å². The third-order valence-electron chi connectivity index (χ3n) is 11.4. The summed E-state index contributed by atoms with van der Waals surface area (Å²) in [6.07, 6.45) is 12.3. The fourth-order valence-corrected chi connectivity index (χ4v) is 9.99. The van der Waals surface area contributed by atoms with Gasteiger partial charge in [-0.25, -0.2) is 0 Å². The SMILES string of the molecule is CC(=O)C1CCC2C3CC[C@H]4C[C@H](O[Si](C)(C)C(C)(C)C)CC[C@]4(C)C3CC[C@]12C. The lowest BCUT2D eigenvalue weighted by molar-refractivity contribution is -0.137. The van der Waals surface area contributed by atoms with Crippen LogP contribution in [0.2, 0.25) is 18.1 Å². The topological polar surface area (TPSA) is 26.3 Å². The summed E-state index contributed by atoms with van der Waals surface area (Å²) in [7, 11) is -1.69. The Labute approximate surface area is 187 Å². The second-order valence-electron chi connectivity index (χ2n) is 13.7. The van der Waals surface area contributed by atoms with Crippen molar-refractivity contribution in [1.82, 2.24) is 0 Å². The van der Waals surface area contributed by atoms with Gasteiger partial charge in [-0.05, 0) is 117 Å². The molecule has 8 atom stereocenters. The lowest BCUT2D eigenvalue weighted by Gasteiger charge is -2.61. The summed E-state index contributed by atoms with van der Waals surface area (Å²) in [5.41, 5.74) is 0.796. The van der Waals surface area contributed by atoms with Gasteiger partial charge in [0, 0.05) is 12.0 Å². The predicted octanol–water partition coefficient (Wildman–Crippen LogP) is 7.62. The summed E-state index contributed by atoms with van der Waals surface area (Å²) < 4.78 is 6.90. The summed E-state index contributed by atoms with van der Waals surface area (Å²) in [6.45, 7) is 18.9. The summed E-state index contributed by atoms with van der Waals surface area (Å²) in [5.74, 6) is 4.19. The molecule has 0 N–H and O–H groups in total. The first-order valence-corrected chi connectivity index (χ1v) is 15.9. The van der Waals surface area contributed by atoms with Gasteiger partial charge < -0.3 is 4.43 Å². The Morgan fingerprint density at radius 2 is 1.53 bits per heavy atom. The van der Waals surface area contributed by atoms with Gasteiger partial charge in [-0.15, -0.1) is 0 Å². The average Bonchev–Trinajstić information content (AvgIpc) is 2.98. The molecule has 4 saturated carbocycles. The van der Waals surface area contributed by atoms with Crippen molar-refractivity contribution in [2.45, 2.75) is 124 Å². The fourth-order valence-electron chi connectivity index (χ4n) is 8.59. The van der Waals surface area contributed by atoms with Gasteiger partial charge in [-0.2, -0.15) is 0 Å². The van der Waals surface area contributed by atoms with Crippen molar-refractivity contribution in [3.63, 3.8) is 0 Å². The molecular weight excluding hydrogens is 384 g/mol. The molecule has 0 aliphatic heterocycles. The zero-order valence-corrected chi connectivity index (χ0v) is 22.1. The smallest absolute Gasteiger partial charge is 0.192 e. The normalized spacial score (nSPS) is 46.7. The summed E-state index contributed by atoms with van der Waals surface area (Å²) in [4.78, 5) is 12.4. The Morgan fingerprint density at radius 3 is 2.17 bits per heavy atom. The fraction of sp³-hybridized carbons (Fsp3) is 0.963. The summed E-state index contributed by atoms with van der Waals surface area (Å²) >= 11 is 0. The molecule has 0 saturated heterocycles. The zero-order chi connectivity index (χ0) is 22.1. The highest BCUT2D eigenvalue weighted by Gasteiger charge is 2.61. The van der Waals surface area contributed by atoms with Crippen LogP contribution in [0.4, 0.5) is 0 Å². The number of hydrogen-bond donors (Lipinski definition) is 0. The van der Waals surface area contributed by atoms with Gasteiger partial charge in [0.05, 0.1) is 0 Å². The van der Waals surface area contributed by atoms with E-state index < -0.39 is 8.32 Å². The number of hydrogen-bond acceptors (Lipinski definition) is 2.